The molecule has 104 valence electrons. The van der Waals surface area contributed by atoms with Crippen LogP contribution in [-0.2, 0) is 11.2 Å². The van der Waals surface area contributed by atoms with E-state index < -0.39 is 0 Å². The second-order valence-electron chi connectivity index (χ2n) is 4.71. The van der Waals surface area contributed by atoms with Crippen molar-refractivity contribution in [2.45, 2.75) is 32.2 Å². The number of nitrogens with zero attached hydrogens (tertiary/aromatic N) is 3. The highest BCUT2D eigenvalue weighted by Gasteiger charge is 2.23. The Labute approximate surface area is 112 Å². The first kappa shape index (κ1) is 13.5. The van der Waals surface area contributed by atoms with Crippen molar-refractivity contribution < 1.29 is 4.79 Å². The van der Waals surface area contributed by atoms with E-state index in [-0.39, 0.29) is 11.9 Å². The number of amides is 1. The number of anilines is 2. The molecule has 0 aliphatic carbocycles. The summed E-state index contributed by atoms with van der Waals surface area (Å²) in [6.45, 7) is 2.68. The first-order valence-electron chi connectivity index (χ1n) is 6.47. The van der Waals surface area contributed by atoms with Crippen molar-refractivity contribution in [3.63, 3.8) is 0 Å². The summed E-state index contributed by atoms with van der Waals surface area (Å²) in [5.74, 6) is 7.66. The first-order chi connectivity index (χ1) is 9.12. The molecule has 0 spiro atoms. The lowest BCUT2D eigenvalue weighted by molar-refractivity contribution is -0.132. The molecule has 0 saturated carbocycles. The lowest BCUT2D eigenvalue weighted by Gasteiger charge is -2.30. The summed E-state index contributed by atoms with van der Waals surface area (Å²) in [4.78, 5) is 21.8. The fourth-order valence-electron chi connectivity index (χ4n) is 2.14. The lowest BCUT2D eigenvalue weighted by atomic mass is 10.1. The third-order valence-corrected chi connectivity index (χ3v) is 3.22. The van der Waals surface area contributed by atoms with E-state index in [1.807, 2.05) is 14.0 Å². The average molecular weight is 264 g/mol. The molecule has 1 aliphatic heterocycles. The highest BCUT2D eigenvalue weighted by molar-refractivity contribution is 5.77. The number of likely N-dealkylation sites (tertiary alicyclic amines) is 1. The SMILES string of the molecule is CCc1nc(NN)cc(NC2CCC(=O)N(C)C2)n1. The van der Waals surface area contributed by atoms with Crippen molar-refractivity contribution in [3.05, 3.63) is 11.9 Å². The molecule has 1 atom stereocenters. The van der Waals surface area contributed by atoms with Crippen LogP contribution in [0.4, 0.5) is 11.6 Å². The van der Waals surface area contributed by atoms with Crippen LogP contribution in [0.5, 0.6) is 0 Å². The van der Waals surface area contributed by atoms with Gasteiger partial charge in [0, 0.05) is 38.5 Å². The molecule has 4 N–H and O–H groups in total. The minimum absolute atomic E-state index is 0.194. The van der Waals surface area contributed by atoms with Gasteiger partial charge in [-0.15, -0.1) is 0 Å². The molecule has 1 unspecified atom stereocenters. The Morgan fingerprint density at radius 1 is 1.47 bits per heavy atom. The van der Waals surface area contributed by atoms with Gasteiger partial charge >= 0.3 is 0 Å². The standard InChI is InChI=1S/C12H20N6O/c1-3-9-15-10(6-11(16-9)17-13)14-8-4-5-12(19)18(2)7-8/h6,8H,3-5,7,13H2,1-2H3,(H2,14,15,16,17). The molecule has 1 aliphatic rings. The Kier molecular flexibility index (Phi) is 4.16. The predicted octanol–water partition coefficient (Wildman–Crippen LogP) is 0.357. The summed E-state index contributed by atoms with van der Waals surface area (Å²) in [5.41, 5.74) is 2.54. The number of carbonyl (C=O) groups is 1. The number of nitrogens with one attached hydrogen (secondary N) is 2. The Morgan fingerprint density at radius 2 is 2.21 bits per heavy atom. The van der Waals surface area contributed by atoms with Crippen molar-refractivity contribution in [2.75, 3.05) is 24.3 Å². The number of hydrogen-bond acceptors (Lipinski definition) is 6. The Hall–Kier alpha value is -1.89. The summed E-state index contributed by atoms with van der Waals surface area (Å²) in [7, 11) is 1.82. The quantitative estimate of drug-likeness (QED) is 0.536. The molecule has 0 aromatic carbocycles. The largest absolute Gasteiger partial charge is 0.365 e. The molecule has 0 bridgehead atoms. The van der Waals surface area contributed by atoms with Crippen molar-refractivity contribution in [3.8, 4) is 0 Å². The number of hydrogen-bond donors (Lipinski definition) is 3. The smallest absolute Gasteiger partial charge is 0.222 e. The average Bonchev–Trinajstić information content (AvgIpc) is 2.42. The molecule has 1 aromatic rings. The van der Waals surface area contributed by atoms with Gasteiger partial charge in [0.05, 0.1) is 0 Å². The van der Waals surface area contributed by atoms with E-state index >= 15 is 0 Å². The number of rotatable bonds is 4. The van der Waals surface area contributed by atoms with Crippen molar-refractivity contribution in [1.29, 1.82) is 0 Å². The highest BCUT2D eigenvalue weighted by Crippen LogP contribution is 2.17. The Balaban J connectivity index is 2.08. The van der Waals surface area contributed by atoms with Crippen LogP contribution in [-0.4, -0.2) is 40.4 Å². The predicted molar refractivity (Wildman–Crippen MR) is 73.5 cm³/mol. The van der Waals surface area contributed by atoms with Crippen LogP contribution < -0.4 is 16.6 Å². The van der Waals surface area contributed by atoms with Gasteiger partial charge in [0.2, 0.25) is 5.91 Å². The third kappa shape index (κ3) is 3.31. The van der Waals surface area contributed by atoms with E-state index in [4.69, 9.17) is 5.84 Å². The second-order valence-corrected chi connectivity index (χ2v) is 4.71. The molecule has 7 heteroatoms. The number of hydrazine groups is 1. The molecule has 2 rings (SSSR count). The van der Waals surface area contributed by atoms with Crippen LogP contribution in [0.15, 0.2) is 6.07 Å². The Bertz CT molecular complexity index is 441. The van der Waals surface area contributed by atoms with Gasteiger partial charge in [-0.3, -0.25) is 4.79 Å². The summed E-state index contributed by atoms with van der Waals surface area (Å²) in [6, 6.07) is 1.99. The van der Waals surface area contributed by atoms with Crippen molar-refractivity contribution in [2.24, 2.45) is 5.84 Å². The van der Waals surface area contributed by atoms with Gasteiger partial charge in [-0.25, -0.2) is 15.8 Å². The van der Waals surface area contributed by atoms with Gasteiger partial charge in [0.1, 0.15) is 17.5 Å². The maximum Gasteiger partial charge on any atom is 0.222 e. The van der Waals surface area contributed by atoms with Gasteiger partial charge in [-0.2, -0.15) is 0 Å². The Morgan fingerprint density at radius 3 is 2.84 bits per heavy atom. The summed E-state index contributed by atoms with van der Waals surface area (Å²) in [5, 5.41) is 3.34. The summed E-state index contributed by atoms with van der Waals surface area (Å²) >= 11 is 0. The van der Waals surface area contributed by atoms with Crippen LogP contribution >= 0.6 is 0 Å². The maximum absolute atomic E-state index is 11.4. The van der Waals surface area contributed by atoms with Crippen molar-refractivity contribution >= 4 is 17.5 Å². The van der Waals surface area contributed by atoms with E-state index in [1.54, 1.807) is 11.0 Å². The monoisotopic (exact) mass is 264 g/mol. The van der Waals surface area contributed by atoms with Crippen LogP contribution in [0.3, 0.4) is 0 Å². The zero-order chi connectivity index (χ0) is 13.8. The van der Waals surface area contributed by atoms with E-state index in [9.17, 15) is 4.79 Å². The fourth-order valence-corrected chi connectivity index (χ4v) is 2.14. The number of nitrogens with two attached hydrogens (primary N) is 1. The highest BCUT2D eigenvalue weighted by atomic mass is 16.2. The summed E-state index contributed by atoms with van der Waals surface area (Å²) < 4.78 is 0. The zero-order valence-corrected chi connectivity index (χ0v) is 11.3. The number of carbonyl (C=O) groups excluding carboxylic acids is 1. The molecule has 1 fully saturated rings. The molecule has 1 amide bonds. The fraction of sp³-hybridized carbons (Fsp3) is 0.583. The molecule has 19 heavy (non-hydrogen) atoms. The maximum atomic E-state index is 11.4. The topological polar surface area (TPSA) is 96.2 Å². The first-order valence-corrected chi connectivity index (χ1v) is 6.47. The van der Waals surface area contributed by atoms with E-state index in [0.717, 1.165) is 24.5 Å². The van der Waals surface area contributed by atoms with Gasteiger partial charge < -0.3 is 15.6 Å². The van der Waals surface area contributed by atoms with Crippen LogP contribution in [0.25, 0.3) is 0 Å². The zero-order valence-electron chi connectivity index (χ0n) is 11.3. The molecule has 7 nitrogen and oxygen atoms in total. The number of piperidine rings is 1. The molecule has 2 heterocycles. The number of likely N-dealkylation sites (N-methyl/N-ethyl adjacent to an activating group) is 1. The molecule has 1 saturated heterocycles. The van der Waals surface area contributed by atoms with Crippen LogP contribution in [0.1, 0.15) is 25.6 Å². The van der Waals surface area contributed by atoms with Gasteiger partial charge in [0.15, 0.2) is 0 Å². The molecule has 1 aromatic heterocycles. The normalized spacial score (nSPS) is 19.4. The molecular formula is C12H20N6O. The number of nitrogen functional groups attached to an aromatic ring is 1. The van der Waals surface area contributed by atoms with Gasteiger partial charge in [-0.1, -0.05) is 6.92 Å². The van der Waals surface area contributed by atoms with Crippen LogP contribution in [0, 0.1) is 0 Å². The summed E-state index contributed by atoms with van der Waals surface area (Å²) in [6.07, 6.45) is 2.13. The molecular weight excluding hydrogens is 244 g/mol. The van der Waals surface area contributed by atoms with Gasteiger partial charge in [0.25, 0.3) is 0 Å². The van der Waals surface area contributed by atoms with Crippen molar-refractivity contribution in [1.82, 2.24) is 14.9 Å². The number of aryl methyl sites for hydroxylation is 1. The van der Waals surface area contributed by atoms with E-state index in [2.05, 4.69) is 20.7 Å². The third-order valence-electron chi connectivity index (χ3n) is 3.22. The minimum atomic E-state index is 0.194. The lowest BCUT2D eigenvalue weighted by Crippen LogP contribution is -2.43. The van der Waals surface area contributed by atoms with Crippen LogP contribution in [0.2, 0.25) is 0 Å². The molecule has 0 radical (unpaired) electrons. The minimum Gasteiger partial charge on any atom is -0.365 e. The second kappa shape index (κ2) is 5.83. The number of aromatic nitrogens is 2. The van der Waals surface area contributed by atoms with Gasteiger partial charge in [-0.05, 0) is 6.42 Å². The van der Waals surface area contributed by atoms with E-state index in [0.29, 0.717) is 18.8 Å². The van der Waals surface area contributed by atoms with E-state index in [1.165, 1.54) is 0 Å².